The van der Waals surface area contributed by atoms with Gasteiger partial charge in [-0.25, -0.2) is 4.79 Å². The Hall–Kier alpha value is -2.98. The van der Waals surface area contributed by atoms with Crippen molar-refractivity contribution in [1.82, 2.24) is 15.8 Å². The van der Waals surface area contributed by atoms with Crippen LogP contribution in [0.15, 0.2) is 59.3 Å². The van der Waals surface area contributed by atoms with Crippen LogP contribution >= 0.6 is 46.4 Å². The first-order chi connectivity index (χ1) is 21.9. The van der Waals surface area contributed by atoms with Gasteiger partial charge in [-0.05, 0) is 69.4 Å². The van der Waals surface area contributed by atoms with Crippen LogP contribution < -0.4 is 15.5 Å². The maximum Gasteiger partial charge on any atom is 0.408 e. The van der Waals surface area contributed by atoms with E-state index >= 15 is 0 Å². The quantitative estimate of drug-likeness (QED) is 0.191. The summed E-state index contributed by atoms with van der Waals surface area (Å²) in [7, 11) is 0. The Morgan fingerprint density at radius 3 is 2.09 bits per heavy atom. The van der Waals surface area contributed by atoms with E-state index in [0.29, 0.717) is 23.4 Å². The van der Waals surface area contributed by atoms with E-state index in [-0.39, 0.29) is 24.3 Å². The zero-order chi connectivity index (χ0) is 35.5. The molecule has 3 amide bonds. The van der Waals surface area contributed by atoms with Gasteiger partial charge in [-0.3, -0.25) is 9.59 Å². The first-order valence-corrected chi connectivity index (χ1v) is 16.9. The van der Waals surface area contributed by atoms with Crippen molar-refractivity contribution in [2.24, 2.45) is 11.8 Å². The largest absolute Gasteiger partial charge is 0.444 e. The number of nitrogens with zero attached hydrogens (tertiary/aromatic N) is 2. The van der Waals surface area contributed by atoms with Gasteiger partial charge in [0.1, 0.15) is 11.6 Å². The molecule has 0 aliphatic rings. The molecule has 0 aliphatic heterocycles. The van der Waals surface area contributed by atoms with Crippen LogP contribution in [-0.4, -0.2) is 52.1 Å². The molecule has 0 saturated carbocycles. The Bertz CT molecular complexity index is 1440. The van der Waals surface area contributed by atoms with Crippen LogP contribution in [0.3, 0.4) is 0 Å². The molecule has 1 aromatic heterocycles. The Morgan fingerprint density at radius 2 is 1.60 bits per heavy atom. The molecule has 9 nitrogen and oxygen atoms in total. The zero-order valence-electron chi connectivity index (χ0n) is 27.9. The van der Waals surface area contributed by atoms with Crippen molar-refractivity contribution < 1.29 is 23.6 Å². The van der Waals surface area contributed by atoms with E-state index < -0.39 is 34.5 Å². The van der Waals surface area contributed by atoms with E-state index in [4.69, 9.17) is 55.7 Å². The number of nitrogens with one attached hydrogen (secondary N) is 2. The third kappa shape index (κ3) is 12.9. The average molecular weight is 731 g/mol. The monoisotopic (exact) mass is 728 g/mol. The number of alkyl halides is 2. The number of benzene rings is 2. The van der Waals surface area contributed by atoms with Crippen molar-refractivity contribution in [2.45, 2.75) is 84.3 Å². The van der Waals surface area contributed by atoms with Gasteiger partial charge in [0.25, 0.3) is 5.91 Å². The van der Waals surface area contributed by atoms with E-state index in [0.717, 1.165) is 15.6 Å². The summed E-state index contributed by atoms with van der Waals surface area (Å²) in [5, 5.41) is 10.9. The highest BCUT2D eigenvalue weighted by atomic mass is 35.5. The van der Waals surface area contributed by atoms with Gasteiger partial charge in [-0.2, -0.15) is 0 Å². The molecule has 1 heterocycles. The Kier molecular flexibility index (Phi) is 15.9. The summed E-state index contributed by atoms with van der Waals surface area (Å²) in [6.07, 6.45) is 1.51. The Labute approximate surface area is 297 Å². The van der Waals surface area contributed by atoms with Crippen molar-refractivity contribution >= 4 is 70.0 Å². The predicted octanol–water partition coefficient (Wildman–Crippen LogP) is 8.86. The van der Waals surface area contributed by atoms with Crippen LogP contribution in [0.4, 0.5) is 10.5 Å². The lowest BCUT2D eigenvalue weighted by atomic mass is 9.96. The van der Waals surface area contributed by atoms with Gasteiger partial charge < -0.3 is 24.8 Å². The van der Waals surface area contributed by atoms with Crippen LogP contribution in [0, 0.1) is 18.8 Å². The number of halogens is 4. The molecule has 0 radical (unpaired) electrons. The summed E-state index contributed by atoms with van der Waals surface area (Å²) >= 11 is 23.5. The van der Waals surface area contributed by atoms with E-state index in [2.05, 4.69) is 15.8 Å². The summed E-state index contributed by atoms with van der Waals surface area (Å²) in [5.41, 5.74) is 1.48. The second-order valence-corrected chi connectivity index (χ2v) is 14.3. The highest BCUT2D eigenvalue weighted by Gasteiger charge is 2.32. The van der Waals surface area contributed by atoms with Crippen molar-refractivity contribution in [2.75, 3.05) is 11.4 Å². The average Bonchev–Trinajstić information content (AvgIpc) is 3.54. The molecule has 258 valence electrons. The fourth-order valence-electron chi connectivity index (χ4n) is 4.24. The Balaban J connectivity index is 0.000000731. The number of rotatable bonds is 11. The molecule has 0 bridgehead atoms. The molecule has 0 spiro atoms. The molecule has 0 fully saturated rings. The van der Waals surface area contributed by atoms with Crippen molar-refractivity contribution in [3.05, 3.63) is 70.3 Å². The Morgan fingerprint density at radius 1 is 0.979 bits per heavy atom. The van der Waals surface area contributed by atoms with Crippen LogP contribution in [0.5, 0.6) is 0 Å². The molecule has 3 atom stereocenters. The minimum Gasteiger partial charge on any atom is -0.444 e. The molecule has 0 aliphatic carbocycles. The minimum absolute atomic E-state index is 0.0742. The lowest BCUT2D eigenvalue weighted by Crippen LogP contribution is -2.57. The second-order valence-electron chi connectivity index (χ2n) is 12.4. The van der Waals surface area contributed by atoms with Gasteiger partial charge >= 0.3 is 6.09 Å². The first kappa shape index (κ1) is 40.2. The van der Waals surface area contributed by atoms with Gasteiger partial charge in [-0.1, -0.05) is 104 Å². The molecule has 3 aromatic rings. The van der Waals surface area contributed by atoms with Crippen LogP contribution in [-0.2, 0) is 14.3 Å². The van der Waals surface area contributed by atoms with Gasteiger partial charge in [0.15, 0.2) is 10.6 Å². The van der Waals surface area contributed by atoms with E-state index in [1.54, 1.807) is 45.0 Å². The number of ether oxygens (including phenoxy) is 1. The van der Waals surface area contributed by atoms with Gasteiger partial charge in [0, 0.05) is 39.9 Å². The van der Waals surface area contributed by atoms with Crippen LogP contribution in [0.25, 0.3) is 11.3 Å². The number of aromatic nitrogens is 1. The highest BCUT2D eigenvalue weighted by molar-refractivity contribution is 6.54. The third-order valence-corrected chi connectivity index (χ3v) is 8.41. The summed E-state index contributed by atoms with van der Waals surface area (Å²) < 4.78 is 10.6. The van der Waals surface area contributed by atoms with E-state index in [1.165, 1.54) is 11.1 Å². The molecule has 3 rings (SSSR count). The number of carbonyl (C=O) groups is 3. The first-order valence-electron chi connectivity index (χ1n) is 15.3. The standard InChI is InChI=1S/C27H38Cl2N4O5.C7H6Cl2/c1-8-17(4)22(32-26(36)37-27(5,6)7)24(34)31-20(16(2)3)15-33(25(35)23(28)29)19-11-9-10-18(14-19)21-12-13-30-38-21;1-5-6(8)3-2-4-7(5)9/h9-14,16-17,20,22-23H,8,15H2,1-7H3,(H,31,34)(H,32,36);2-4H,1H3/t17?,20-,22+;/m1./s1. The third-order valence-electron chi connectivity index (χ3n) is 7.21. The minimum atomic E-state index is -1.31. The summed E-state index contributed by atoms with van der Waals surface area (Å²) in [6, 6.07) is 13.0. The SMILES string of the molecule is CCC(C)[C@H](NC(=O)OC(C)(C)C)C(=O)N[C@H](CN(C(=O)C(Cl)Cl)c1cccc(-c2ccno2)c1)C(C)C.Cc1c(Cl)cccc1Cl. The van der Waals surface area contributed by atoms with Gasteiger partial charge in [0.05, 0.1) is 6.20 Å². The number of hydrogen-bond acceptors (Lipinski definition) is 6. The maximum absolute atomic E-state index is 13.4. The zero-order valence-corrected chi connectivity index (χ0v) is 31.0. The van der Waals surface area contributed by atoms with E-state index in [9.17, 15) is 14.4 Å². The van der Waals surface area contributed by atoms with Crippen LogP contribution in [0.2, 0.25) is 10.0 Å². The number of amides is 3. The number of alkyl carbamates (subject to hydrolysis) is 1. The highest BCUT2D eigenvalue weighted by Crippen LogP contribution is 2.27. The van der Waals surface area contributed by atoms with Crippen molar-refractivity contribution in [1.29, 1.82) is 0 Å². The lowest BCUT2D eigenvalue weighted by Gasteiger charge is -2.33. The summed E-state index contributed by atoms with van der Waals surface area (Å²) in [5.74, 6) is -0.615. The number of hydrogen-bond donors (Lipinski definition) is 2. The normalized spacial score (nSPS) is 13.2. The summed E-state index contributed by atoms with van der Waals surface area (Å²) in [4.78, 5) is 39.1. The molecule has 0 saturated heterocycles. The molecular weight excluding hydrogens is 686 g/mol. The van der Waals surface area contributed by atoms with Crippen molar-refractivity contribution in [3.63, 3.8) is 0 Å². The van der Waals surface area contributed by atoms with Crippen molar-refractivity contribution in [3.8, 4) is 11.3 Å². The topological polar surface area (TPSA) is 114 Å². The molecular formula is C34H44Cl4N4O5. The molecule has 47 heavy (non-hydrogen) atoms. The number of carbonyl (C=O) groups excluding carboxylic acids is 3. The lowest BCUT2D eigenvalue weighted by molar-refractivity contribution is -0.125. The fraction of sp³-hybridized carbons (Fsp3) is 0.471. The number of anilines is 1. The van der Waals surface area contributed by atoms with Gasteiger partial charge in [-0.15, -0.1) is 0 Å². The second kappa shape index (κ2) is 18.5. The molecule has 2 N–H and O–H groups in total. The smallest absolute Gasteiger partial charge is 0.408 e. The van der Waals surface area contributed by atoms with Gasteiger partial charge in [0.2, 0.25) is 5.91 Å². The fourth-order valence-corrected chi connectivity index (χ4v) is 4.88. The summed E-state index contributed by atoms with van der Waals surface area (Å²) in [6.45, 7) is 14.9. The van der Waals surface area contributed by atoms with Crippen LogP contribution in [0.1, 0.15) is 60.5 Å². The molecule has 2 aromatic carbocycles. The molecule has 1 unspecified atom stereocenters. The van der Waals surface area contributed by atoms with E-state index in [1.807, 2.05) is 58.9 Å². The maximum atomic E-state index is 13.4. The molecule has 13 heteroatoms. The predicted molar refractivity (Wildman–Crippen MR) is 190 cm³/mol.